The van der Waals surface area contributed by atoms with E-state index in [0.717, 1.165) is 53.6 Å². The van der Waals surface area contributed by atoms with Crippen LogP contribution in [0.2, 0.25) is 0 Å². The van der Waals surface area contributed by atoms with E-state index in [9.17, 15) is 33.6 Å². The van der Waals surface area contributed by atoms with Crippen LogP contribution >= 0.6 is 0 Å². The van der Waals surface area contributed by atoms with E-state index in [0.29, 0.717) is 11.1 Å². The average molecular weight is 1030 g/mol. The minimum absolute atomic E-state index is 0.00162. The summed E-state index contributed by atoms with van der Waals surface area (Å²) in [7, 11) is 0. The molecule has 6 atom stereocenters. The number of guanidine groups is 2. The second kappa shape index (κ2) is 28.1. The van der Waals surface area contributed by atoms with Gasteiger partial charge in [-0.05, 0) is 83.0 Å². The molecule has 75 heavy (non-hydrogen) atoms. The summed E-state index contributed by atoms with van der Waals surface area (Å²) in [5.41, 5.74) is 23.8. The molecule has 2 fully saturated rings. The zero-order valence-electron chi connectivity index (χ0n) is 43.1. The third-order valence-electron chi connectivity index (χ3n) is 13.6. The van der Waals surface area contributed by atoms with Crippen LogP contribution in [0, 0.1) is 11.8 Å². The van der Waals surface area contributed by atoms with Crippen molar-refractivity contribution in [3.63, 3.8) is 0 Å². The van der Waals surface area contributed by atoms with Crippen LogP contribution in [0.3, 0.4) is 0 Å². The number of hydrogen-bond acceptors (Lipinski definition) is 9. The third kappa shape index (κ3) is 18.0. The van der Waals surface area contributed by atoms with Crippen molar-refractivity contribution in [1.82, 2.24) is 37.2 Å². The summed E-state index contributed by atoms with van der Waals surface area (Å²) in [5, 5.41) is 23.6. The predicted molar refractivity (Wildman–Crippen MR) is 290 cm³/mol. The van der Waals surface area contributed by atoms with Gasteiger partial charge in [-0.1, -0.05) is 131 Å². The number of carbonyl (C=O) groups is 7. The van der Waals surface area contributed by atoms with Crippen LogP contribution in [-0.4, -0.2) is 109 Å². The predicted octanol–water partition coefficient (Wildman–Crippen LogP) is 1.94. The standard InChI is InChI=1S/C55H75N13O7/c1-33(2)26-43-51(73)64-41(18-10-24-60-54(56)57)49(71)67-44(30-35-20-22-37-14-6-8-16-39(37)27-35)48(70)62-32-47(69)63-45(29-34-12-4-3-5-13-34)52(74)65-42(19-11-25-61-55(58)59)50(72)68-46(53(75)66-43)31-36-21-23-38-15-7-9-17-40(38)28-36/h6-9,14-17,20-23,27-28,33-34,41-46H,3-5,10-13,18-19,24-26,29-32H2,1-2H3,(H,62,70)(H,63,69)(H,64,73)(H,65,74)(H,66,75)(H,67,71)(H,68,72)(H4,56,57,60)(H4,58,59,61)/t41-,42-,43-,44-,45-,46-/m0/s1. The number of carbonyl (C=O) groups excluding carboxylic acids is 7. The van der Waals surface area contributed by atoms with E-state index < -0.39 is 84.1 Å². The highest BCUT2D eigenvalue weighted by Crippen LogP contribution is 2.28. The van der Waals surface area contributed by atoms with E-state index >= 15 is 0 Å². The molecule has 1 saturated heterocycles. The fourth-order valence-corrected chi connectivity index (χ4v) is 9.75. The lowest BCUT2D eigenvalue weighted by atomic mass is 9.84. The summed E-state index contributed by atoms with van der Waals surface area (Å²) in [6.07, 6.45) is 5.60. The molecule has 1 aliphatic carbocycles. The molecule has 0 aromatic heterocycles. The Hall–Kier alpha value is -7.77. The first-order valence-electron chi connectivity index (χ1n) is 26.2. The molecule has 7 amide bonds. The highest BCUT2D eigenvalue weighted by Gasteiger charge is 2.35. The monoisotopic (exact) mass is 1030 g/mol. The number of hydrogen-bond donors (Lipinski definition) is 11. The molecule has 0 unspecified atom stereocenters. The summed E-state index contributed by atoms with van der Waals surface area (Å²) >= 11 is 0. The number of amides is 7. The number of fused-ring (bicyclic) bond motifs is 2. The van der Waals surface area contributed by atoms with Crippen LogP contribution < -0.4 is 60.2 Å². The largest absolute Gasteiger partial charge is 0.370 e. The Labute approximate surface area is 438 Å². The normalized spacial score (nSPS) is 22.1. The second-order valence-corrected chi connectivity index (χ2v) is 20.2. The van der Waals surface area contributed by atoms with Gasteiger partial charge >= 0.3 is 0 Å². The number of aliphatic imine (C=N–C) groups is 2. The Kier molecular flexibility index (Phi) is 21.1. The lowest BCUT2D eigenvalue weighted by molar-refractivity contribution is -0.135. The van der Waals surface area contributed by atoms with Crippen molar-refractivity contribution < 1.29 is 33.6 Å². The molecule has 0 spiro atoms. The highest BCUT2D eigenvalue weighted by molar-refractivity contribution is 5.98. The van der Waals surface area contributed by atoms with Crippen molar-refractivity contribution in [2.45, 2.75) is 134 Å². The Morgan fingerprint density at radius 3 is 1.43 bits per heavy atom. The summed E-state index contributed by atoms with van der Waals surface area (Å²) < 4.78 is 0. The zero-order valence-corrected chi connectivity index (χ0v) is 43.1. The smallest absolute Gasteiger partial charge is 0.243 e. The van der Waals surface area contributed by atoms with Gasteiger partial charge in [0.2, 0.25) is 41.4 Å². The summed E-state index contributed by atoms with van der Waals surface area (Å²) in [4.78, 5) is 110. The molecule has 0 bridgehead atoms. The van der Waals surface area contributed by atoms with Gasteiger partial charge in [-0.15, -0.1) is 0 Å². The van der Waals surface area contributed by atoms with Gasteiger partial charge in [0.15, 0.2) is 11.9 Å². The quantitative estimate of drug-likeness (QED) is 0.0438. The number of rotatable bonds is 16. The second-order valence-electron chi connectivity index (χ2n) is 20.2. The maximum Gasteiger partial charge on any atom is 0.243 e. The molecule has 402 valence electrons. The molecule has 15 N–H and O–H groups in total. The lowest BCUT2D eigenvalue weighted by Gasteiger charge is -2.29. The number of benzene rings is 4. The van der Waals surface area contributed by atoms with E-state index in [2.05, 4.69) is 47.2 Å². The fraction of sp³-hybridized carbons (Fsp3) is 0.473. The first-order chi connectivity index (χ1) is 36.0. The Bertz CT molecular complexity index is 2700. The van der Waals surface area contributed by atoms with Crippen molar-refractivity contribution in [2.75, 3.05) is 19.6 Å². The van der Waals surface area contributed by atoms with Crippen molar-refractivity contribution in [3.05, 3.63) is 96.1 Å². The molecule has 4 aromatic carbocycles. The summed E-state index contributed by atoms with van der Waals surface area (Å²) in [5.74, 6) is -5.17. The molecular formula is C55H75N13O7. The minimum atomic E-state index is -1.28. The first-order valence-corrected chi connectivity index (χ1v) is 26.2. The van der Waals surface area contributed by atoms with Gasteiger partial charge in [0, 0.05) is 25.9 Å². The molecule has 2 aliphatic rings. The maximum atomic E-state index is 14.8. The first kappa shape index (κ1) is 56.5. The van der Waals surface area contributed by atoms with E-state index in [4.69, 9.17) is 22.9 Å². The van der Waals surface area contributed by atoms with Gasteiger partial charge in [-0.2, -0.15) is 0 Å². The minimum Gasteiger partial charge on any atom is -0.370 e. The van der Waals surface area contributed by atoms with Gasteiger partial charge in [-0.25, -0.2) is 0 Å². The van der Waals surface area contributed by atoms with E-state index in [1.165, 1.54) is 0 Å². The Balaban J connectivity index is 1.40. The molecule has 6 rings (SSSR count). The molecule has 1 aliphatic heterocycles. The van der Waals surface area contributed by atoms with Crippen molar-refractivity contribution in [2.24, 2.45) is 44.8 Å². The van der Waals surface area contributed by atoms with E-state index in [1.54, 1.807) is 0 Å². The maximum absolute atomic E-state index is 14.8. The molecule has 1 saturated carbocycles. The molecular weight excluding hydrogens is 955 g/mol. The molecule has 1 heterocycles. The van der Waals surface area contributed by atoms with Crippen LogP contribution in [0.5, 0.6) is 0 Å². The highest BCUT2D eigenvalue weighted by atomic mass is 16.2. The van der Waals surface area contributed by atoms with E-state index in [-0.39, 0.29) is 88.2 Å². The fourth-order valence-electron chi connectivity index (χ4n) is 9.75. The zero-order chi connectivity index (χ0) is 53.9. The topological polar surface area (TPSA) is 332 Å². The van der Waals surface area contributed by atoms with Gasteiger partial charge in [0.05, 0.1) is 6.54 Å². The van der Waals surface area contributed by atoms with Gasteiger partial charge in [0.1, 0.15) is 36.3 Å². The summed E-state index contributed by atoms with van der Waals surface area (Å²) in [6.45, 7) is 3.44. The number of nitrogens with zero attached hydrogens (tertiary/aromatic N) is 2. The lowest BCUT2D eigenvalue weighted by Crippen LogP contribution is -2.60. The van der Waals surface area contributed by atoms with Gasteiger partial charge < -0.3 is 60.2 Å². The SMILES string of the molecule is CC(C)C[C@@H]1NC(=O)[C@H](Cc2ccc3ccccc3c2)NC(=O)[C@H](CCCN=C(N)N)NC(=O)[C@H](CC2CCCCC2)NC(=O)CNC(=O)[C@H](Cc2ccc3ccccc3c2)NC(=O)[C@H](CCCN=C(N)N)NC1=O. The van der Waals surface area contributed by atoms with Crippen LogP contribution in [0.1, 0.15) is 95.6 Å². The van der Waals surface area contributed by atoms with E-state index in [1.807, 2.05) is 98.8 Å². The van der Waals surface area contributed by atoms with Crippen LogP contribution in [0.25, 0.3) is 21.5 Å². The van der Waals surface area contributed by atoms with Crippen molar-refractivity contribution >= 4 is 74.8 Å². The van der Waals surface area contributed by atoms with Gasteiger partial charge in [0.25, 0.3) is 0 Å². The van der Waals surface area contributed by atoms with Crippen LogP contribution in [0.15, 0.2) is 94.9 Å². The summed E-state index contributed by atoms with van der Waals surface area (Å²) in [6, 6.07) is 19.4. The third-order valence-corrected chi connectivity index (χ3v) is 13.6. The van der Waals surface area contributed by atoms with Crippen LogP contribution in [-0.2, 0) is 46.4 Å². The molecule has 0 radical (unpaired) electrons. The van der Waals surface area contributed by atoms with Crippen LogP contribution in [0.4, 0.5) is 0 Å². The molecule has 20 heteroatoms. The van der Waals surface area contributed by atoms with Gasteiger partial charge in [-0.3, -0.25) is 43.5 Å². The molecule has 20 nitrogen and oxygen atoms in total. The van der Waals surface area contributed by atoms with Crippen molar-refractivity contribution in [3.8, 4) is 0 Å². The Morgan fingerprint density at radius 2 is 0.933 bits per heavy atom. The number of nitrogens with one attached hydrogen (secondary N) is 7. The van der Waals surface area contributed by atoms with Crippen molar-refractivity contribution in [1.29, 1.82) is 0 Å². The number of nitrogens with two attached hydrogens (primary N) is 4. The average Bonchev–Trinajstić information content (AvgIpc) is 3.38. The molecule has 4 aromatic rings. The Morgan fingerprint density at radius 1 is 0.507 bits per heavy atom.